The Kier molecular flexibility index (Phi) is 7.37. The van der Waals surface area contributed by atoms with Crippen LogP contribution in [-0.4, -0.2) is 43.4 Å². The summed E-state index contributed by atoms with van der Waals surface area (Å²) >= 11 is 1.34. The minimum absolute atomic E-state index is 0.309. The Morgan fingerprint density at radius 1 is 1.10 bits per heavy atom. The van der Waals surface area contributed by atoms with E-state index in [2.05, 4.69) is 4.99 Å². The van der Waals surface area contributed by atoms with Crippen molar-refractivity contribution in [2.75, 3.05) is 26.9 Å². The van der Waals surface area contributed by atoms with Gasteiger partial charge in [-0.2, -0.15) is 4.99 Å². The molecule has 0 bridgehead atoms. The van der Waals surface area contributed by atoms with E-state index < -0.39 is 0 Å². The number of carbonyl (C=O) groups is 2. The van der Waals surface area contributed by atoms with Gasteiger partial charge in [-0.3, -0.25) is 4.79 Å². The summed E-state index contributed by atoms with van der Waals surface area (Å²) in [6.07, 6.45) is 0. The molecular formula is C22H24N2O5S. The third-order valence-electron chi connectivity index (χ3n) is 4.33. The predicted molar refractivity (Wildman–Crippen MR) is 115 cm³/mol. The lowest BCUT2D eigenvalue weighted by Crippen LogP contribution is -2.19. The van der Waals surface area contributed by atoms with Crippen LogP contribution in [0.3, 0.4) is 0 Å². The molecule has 1 heterocycles. The SMILES string of the molecule is CCOC(=O)c1ccc2c(c1)sc(=NC(=O)c1ccccc1OCC)n2CCOC. The highest BCUT2D eigenvalue weighted by molar-refractivity contribution is 7.16. The molecule has 3 rings (SSSR count). The monoisotopic (exact) mass is 428 g/mol. The van der Waals surface area contributed by atoms with E-state index in [1.165, 1.54) is 11.3 Å². The van der Waals surface area contributed by atoms with Crippen molar-refractivity contribution < 1.29 is 23.8 Å². The van der Waals surface area contributed by atoms with Crippen LogP contribution in [0.2, 0.25) is 0 Å². The maximum absolute atomic E-state index is 12.9. The topological polar surface area (TPSA) is 79.1 Å². The van der Waals surface area contributed by atoms with Gasteiger partial charge in [-0.1, -0.05) is 23.5 Å². The van der Waals surface area contributed by atoms with Gasteiger partial charge in [0, 0.05) is 13.7 Å². The summed E-state index contributed by atoms with van der Waals surface area (Å²) in [5.74, 6) is -0.262. The first-order chi connectivity index (χ1) is 14.6. The van der Waals surface area contributed by atoms with Crippen LogP contribution in [0.1, 0.15) is 34.6 Å². The summed E-state index contributed by atoms with van der Waals surface area (Å²) < 4.78 is 18.6. The number of esters is 1. The molecule has 0 aliphatic carbocycles. The molecule has 1 aromatic heterocycles. The lowest BCUT2D eigenvalue weighted by Gasteiger charge is -2.07. The second kappa shape index (κ2) is 10.2. The van der Waals surface area contributed by atoms with Gasteiger partial charge >= 0.3 is 5.97 Å². The molecule has 1 amide bonds. The average Bonchev–Trinajstić information content (AvgIpc) is 3.09. The number of hydrogen-bond donors (Lipinski definition) is 0. The van der Waals surface area contributed by atoms with Crippen molar-refractivity contribution in [2.45, 2.75) is 20.4 Å². The van der Waals surface area contributed by atoms with Gasteiger partial charge in [-0.15, -0.1) is 0 Å². The molecule has 0 aliphatic heterocycles. The zero-order chi connectivity index (χ0) is 21.5. The van der Waals surface area contributed by atoms with Crippen LogP contribution in [0.4, 0.5) is 0 Å². The number of methoxy groups -OCH3 is 1. The van der Waals surface area contributed by atoms with Crippen LogP contribution in [0.5, 0.6) is 5.75 Å². The molecule has 30 heavy (non-hydrogen) atoms. The van der Waals surface area contributed by atoms with Crippen molar-refractivity contribution in [2.24, 2.45) is 4.99 Å². The Bertz CT molecular complexity index is 1120. The number of thiazole rings is 1. The maximum atomic E-state index is 12.9. The fourth-order valence-electron chi connectivity index (χ4n) is 2.97. The van der Waals surface area contributed by atoms with E-state index in [1.807, 2.05) is 23.6 Å². The summed E-state index contributed by atoms with van der Waals surface area (Å²) in [7, 11) is 1.62. The van der Waals surface area contributed by atoms with Crippen LogP contribution in [0.25, 0.3) is 10.2 Å². The van der Waals surface area contributed by atoms with E-state index in [1.54, 1.807) is 44.4 Å². The Morgan fingerprint density at radius 3 is 2.63 bits per heavy atom. The number of benzene rings is 2. The number of nitrogens with zero attached hydrogens (tertiary/aromatic N) is 2. The van der Waals surface area contributed by atoms with Crippen molar-refractivity contribution in [3.05, 3.63) is 58.4 Å². The standard InChI is InChI=1S/C22H24N2O5S/c1-4-28-18-9-7-6-8-16(18)20(25)23-22-24(12-13-27-3)17-11-10-15(14-19(17)30-22)21(26)29-5-2/h6-11,14H,4-5,12-13H2,1-3H3. The Hall–Kier alpha value is -2.97. The Balaban J connectivity index is 2.09. The van der Waals surface area contributed by atoms with Crippen molar-refractivity contribution >= 4 is 33.4 Å². The van der Waals surface area contributed by atoms with E-state index >= 15 is 0 Å². The van der Waals surface area contributed by atoms with Gasteiger partial charge in [-0.25, -0.2) is 4.79 Å². The summed E-state index contributed by atoms with van der Waals surface area (Å²) in [6, 6.07) is 12.4. The quantitative estimate of drug-likeness (QED) is 0.512. The second-order valence-electron chi connectivity index (χ2n) is 6.28. The predicted octanol–water partition coefficient (Wildman–Crippen LogP) is 3.67. The molecule has 0 unspecified atom stereocenters. The fourth-order valence-corrected chi connectivity index (χ4v) is 4.06. The lowest BCUT2D eigenvalue weighted by atomic mass is 10.2. The minimum atomic E-state index is -0.387. The molecule has 8 heteroatoms. The number of hydrogen-bond acceptors (Lipinski definition) is 6. The minimum Gasteiger partial charge on any atom is -0.493 e. The number of rotatable bonds is 8. The largest absolute Gasteiger partial charge is 0.493 e. The smallest absolute Gasteiger partial charge is 0.338 e. The van der Waals surface area contributed by atoms with E-state index in [-0.39, 0.29) is 11.9 Å². The molecule has 0 saturated heterocycles. The van der Waals surface area contributed by atoms with E-state index in [9.17, 15) is 9.59 Å². The van der Waals surface area contributed by atoms with Crippen LogP contribution in [0, 0.1) is 0 Å². The summed E-state index contributed by atoms with van der Waals surface area (Å²) in [5, 5.41) is 0. The molecule has 0 N–H and O–H groups in total. The van der Waals surface area contributed by atoms with Crippen LogP contribution in [-0.2, 0) is 16.0 Å². The van der Waals surface area contributed by atoms with Crippen LogP contribution in [0.15, 0.2) is 47.5 Å². The number of fused-ring (bicyclic) bond motifs is 1. The van der Waals surface area contributed by atoms with E-state index in [4.69, 9.17) is 14.2 Å². The van der Waals surface area contributed by atoms with Gasteiger partial charge in [0.05, 0.1) is 41.2 Å². The highest BCUT2D eigenvalue weighted by Crippen LogP contribution is 2.22. The molecule has 0 radical (unpaired) electrons. The summed E-state index contributed by atoms with van der Waals surface area (Å²) in [5.41, 5.74) is 1.74. The first kappa shape index (κ1) is 21.7. The normalized spacial score (nSPS) is 11.6. The molecule has 0 fully saturated rings. The number of aromatic nitrogens is 1. The molecular weight excluding hydrogens is 404 g/mol. The zero-order valence-corrected chi connectivity index (χ0v) is 18.0. The molecule has 0 atom stereocenters. The van der Waals surface area contributed by atoms with Gasteiger partial charge in [0.25, 0.3) is 5.91 Å². The molecule has 0 spiro atoms. The van der Waals surface area contributed by atoms with Gasteiger partial charge in [0.15, 0.2) is 4.80 Å². The third kappa shape index (κ3) is 4.77. The average molecular weight is 429 g/mol. The second-order valence-corrected chi connectivity index (χ2v) is 7.29. The highest BCUT2D eigenvalue weighted by atomic mass is 32.1. The van der Waals surface area contributed by atoms with Gasteiger partial charge in [0.2, 0.25) is 0 Å². The van der Waals surface area contributed by atoms with Crippen LogP contribution >= 0.6 is 11.3 Å². The van der Waals surface area contributed by atoms with Crippen molar-refractivity contribution in [1.82, 2.24) is 4.57 Å². The maximum Gasteiger partial charge on any atom is 0.338 e. The number of amides is 1. The van der Waals surface area contributed by atoms with Crippen molar-refractivity contribution in [3.63, 3.8) is 0 Å². The lowest BCUT2D eigenvalue weighted by molar-refractivity contribution is 0.0526. The van der Waals surface area contributed by atoms with Gasteiger partial charge in [0.1, 0.15) is 5.75 Å². The highest BCUT2D eigenvalue weighted by Gasteiger charge is 2.15. The molecule has 0 aliphatic rings. The van der Waals surface area contributed by atoms with Crippen molar-refractivity contribution in [3.8, 4) is 5.75 Å². The van der Waals surface area contributed by atoms with Crippen molar-refractivity contribution in [1.29, 1.82) is 0 Å². The first-order valence-electron chi connectivity index (χ1n) is 9.69. The fraction of sp³-hybridized carbons (Fsp3) is 0.318. The molecule has 0 saturated carbocycles. The van der Waals surface area contributed by atoms with E-state index in [0.717, 1.165) is 10.2 Å². The van der Waals surface area contributed by atoms with Gasteiger partial charge < -0.3 is 18.8 Å². The molecule has 158 valence electrons. The Morgan fingerprint density at radius 2 is 1.90 bits per heavy atom. The first-order valence-corrected chi connectivity index (χ1v) is 10.5. The molecule has 2 aromatic carbocycles. The zero-order valence-electron chi connectivity index (χ0n) is 17.2. The molecule has 3 aromatic rings. The summed E-state index contributed by atoms with van der Waals surface area (Å²) in [6.45, 7) is 5.38. The number of para-hydroxylation sites is 1. The molecule has 7 nitrogen and oxygen atoms in total. The number of ether oxygens (including phenoxy) is 3. The summed E-state index contributed by atoms with van der Waals surface area (Å²) in [4.78, 5) is 29.9. The Labute approximate surface area is 178 Å². The van der Waals surface area contributed by atoms with E-state index in [0.29, 0.717) is 48.0 Å². The van der Waals surface area contributed by atoms with Gasteiger partial charge in [-0.05, 0) is 44.2 Å². The van der Waals surface area contributed by atoms with Crippen LogP contribution < -0.4 is 9.54 Å². The number of carbonyl (C=O) groups excluding carboxylic acids is 2. The third-order valence-corrected chi connectivity index (χ3v) is 5.37.